The SMILES string of the molecule is [CH2]CC/C=C/CCCCC[CH2]. The summed E-state index contributed by atoms with van der Waals surface area (Å²) in [6.07, 6.45) is 12.9. The van der Waals surface area contributed by atoms with Gasteiger partial charge in [0.2, 0.25) is 0 Å². The van der Waals surface area contributed by atoms with E-state index in [1.807, 2.05) is 0 Å². The first-order valence-corrected chi connectivity index (χ1v) is 4.65. The van der Waals surface area contributed by atoms with Crippen LogP contribution in [0.4, 0.5) is 0 Å². The molecule has 0 N–H and O–H groups in total. The molecule has 0 aromatic rings. The van der Waals surface area contributed by atoms with Crippen molar-refractivity contribution in [1.82, 2.24) is 0 Å². The van der Waals surface area contributed by atoms with Crippen molar-refractivity contribution in [2.45, 2.75) is 44.9 Å². The summed E-state index contributed by atoms with van der Waals surface area (Å²) in [6.45, 7) is 7.58. The van der Waals surface area contributed by atoms with Gasteiger partial charge in [-0.1, -0.05) is 45.3 Å². The molecule has 2 radical (unpaired) electrons. The van der Waals surface area contributed by atoms with Crippen molar-refractivity contribution >= 4 is 0 Å². The molecule has 0 fully saturated rings. The van der Waals surface area contributed by atoms with Crippen molar-refractivity contribution in [3.63, 3.8) is 0 Å². The Bertz CT molecular complexity index is 82.0. The molecular weight excluding hydrogens is 132 g/mol. The van der Waals surface area contributed by atoms with Crippen LogP contribution in [0.15, 0.2) is 12.2 Å². The second kappa shape index (κ2) is 9.74. The average Bonchev–Trinajstić information content (AvgIpc) is 2.03. The smallest absolute Gasteiger partial charge is 0.0351 e. The number of hydrogen-bond acceptors (Lipinski definition) is 0. The lowest BCUT2D eigenvalue weighted by atomic mass is 10.1. The zero-order valence-electron chi connectivity index (χ0n) is 7.52. The van der Waals surface area contributed by atoms with Gasteiger partial charge in [0.1, 0.15) is 0 Å². The van der Waals surface area contributed by atoms with Crippen molar-refractivity contribution in [2.75, 3.05) is 0 Å². The van der Waals surface area contributed by atoms with E-state index in [9.17, 15) is 0 Å². The maximum absolute atomic E-state index is 3.81. The van der Waals surface area contributed by atoms with Crippen molar-refractivity contribution in [1.29, 1.82) is 0 Å². The van der Waals surface area contributed by atoms with E-state index in [1.54, 1.807) is 0 Å². The lowest BCUT2D eigenvalue weighted by molar-refractivity contribution is 0.694. The first-order valence-electron chi connectivity index (χ1n) is 4.65. The van der Waals surface area contributed by atoms with Crippen LogP contribution in [-0.2, 0) is 0 Å². The Balaban J connectivity index is 2.89. The molecule has 0 aromatic heterocycles. The maximum Gasteiger partial charge on any atom is -0.0351 e. The lowest BCUT2D eigenvalue weighted by Crippen LogP contribution is -1.73. The fourth-order valence-corrected chi connectivity index (χ4v) is 0.969. The molecule has 0 amide bonds. The van der Waals surface area contributed by atoms with E-state index < -0.39 is 0 Å². The topological polar surface area (TPSA) is 0 Å². The van der Waals surface area contributed by atoms with E-state index >= 15 is 0 Å². The molecule has 11 heavy (non-hydrogen) atoms. The van der Waals surface area contributed by atoms with E-state index in [0.29, 0.717) is 0 Å². The highest BCUT2D eigenvalue weighted by molar-refractivity contribution is 4.81. The second-order valence-electron chi connectivity index (χ2n) is 2.82. The normalized spacial score (nSPS) is 11.1. The van der Waals surface area contributed by atoms with Crippen LogP contribution in [0.1, 0.15) is 44.9 Å². The molecule has 0 nitrogen and oxygen atoms in total. The molecule has 0 unspecified atom stereocenters. The predicted molar refractivity (Wildman–Crippen MR) is 52.2 cm³/mol. The van der Waals surface area contributed by atoms with Crippen molar-refractivity contribution in [2.24, 2.45) is 0 Å². The van der Waals surface area contributed by atoms with Crippen LogP contribution >= 0.6 is 0 Å². The molecule has 0 aliphatic rings. The van der Waals surface area contributed by atoms with Gasteiger partial charge in [-0.2, -0.15) is 0 Å². The van der Waals surface area contributed by atoms with Gasteiger partial charge in [-0.3, -0.25) is 0 Å². The Morgan fingerprint density at radius 1 is 0.727 bits per heavy atom. The van der Waals surface area contributed by atoms with Gasteiger partial charge in [0, 0.05) is 0 Å². The van der Waals surface area contributed by atoms with Crippen molar-refractivity contribution in [3.8, 4) is 0 Å². The molecule has 0 aliphatic carbocycles. The van der Waals surface area contributed by atoms with Crippen LogP contribution in [0, 0.1) is 13.8 Å². The van der Waals surface area contributed by atoms with Crippen LogP contribution in [0.3, 0.4) is 0 Å². The van der Waals surface area contributed by atoms with Crippen LogP contribution in [0.25, 0.3) is 0 Å². The first kappa shape index (κ1) is 10.7. The summed E-state index contributed by atoms with van der Waals surface area (Å²) in [5, 5.41) is 0. The first-order chi connectivity index (χ1) is 5.41. The molecule has 0 saturated heterocycles. The fraction of sp³-hybridized carbons (Fsp3) is 0.636. The summed E-state index contributed by atoms with van der Waals surface area (Å²) in [4.78, 5) is 0. The van der Waals surface area contributed by atoms with E-state index in [2.05, 4.69) is 26.0 Å². The van der Waals surface area contributed by atoms with Gasteiger partial charge >= 0.3 is 0 Å². The second-order valence-corrected chi connectivity index (χ2v) is 2.82. The molecule has 0 rings (SSSR count). The van der Waals surface area contributed by atoms with Crippen LogP contribution in [-0.4, -0.2) is 0 Å². The van der Waals surface area contributed by atoms with Gasteiger partial charge in [-0.15, -0.1) is 0 Å². The molecule has 0 atom stereocenters. The van der Waals surface area contributed by atoms with Crippen molar-refractivity contribution in [3.05, 3.63) is 26.0 Å². The summed E-state index contributed by atoms with van der Waals surface area (Å²) in [5.74, 6) is 0. The number of allylic oxidation sites excluding steroid dienone is 2. The van der Waals surface area contributed by atoms with Gasteiger partial charge < -0.3 is 0 Å². The molecule has 0 spiro atoms. The average molecular weight is 152 g/mol. The van der Waals surface area contributed by atoms with Crippen LogP contribution in [0.2, 0.25) is 0 Å². The molecular formula is C11H20. The predicted octanol–water partition coefficient (Wildman–Crippen LogP) is 3.94. The molecule has 0 bridgehead atoms. The van der Waals surface area contributed by atoms with E-state index in [-0.39, 0.29) is 0 Å². The summed E-state index contributed by atoms with van der Waals surface area (Å²) in [7, 11) is 0. The number of unbranched alkanes of at least 4 members (excludes halogenated alkanes) is 5. The summed E-state index contributed by atoms with van der Waals surface area (Å²) < 4.78 is 0. The van der Waals surface area contributed by atoms with E-state index in [4.69, 9.17) is 0 Å². The number of hydrogen-bond donors (Lipinski definition) is 0. The largest absolute Gasteiger partial charge is 0.0885 e. The third-order valence-electron chi connectivity index (χ3n) is 1.66. The minimum absolute atomic E-state index is 1.02. The third kappa shape index (κ3) is 9.74. The Kier molecular flexibility index (Phi) is 9.51. The van der Waals surface area contributed by atoms with Gasteiger partial charge in [0.25, 0.3) is 0 Å². The quantitative estimate of drug-likeness (QED) is 0.383. The highest BCUT2D eigenvalue weighted by Crippen LogP contribution is 2.03. The minimum Gasteiger partial charge on any atom is -0.0885 e. The third-order valence-corrected chi connectivity index (χ3v) is 1.66. The highest BCUT2D eigenvalue weighted by atomic mass is 13.9. The number of rotatable bonds is 7. The van der Waals surface area contributed by atoms with Gasteiger partial charge in [-0.05, 0) is 25.7 Å². The Morgan fingerprint density at radius 2 is 1.45 bits per heavy atom. The summed E-state index contributed by atoms with van der Waals surface area (Å²) >= 11 is 0. The van der Waals surface area contributed by atoms with Gasteiger partial charge in [0.15, 0.2) is 0 Å². The maximum atomic E-state index is 3.81. The molecule has 0 heteroatoms. The zero-order chi connectivity index (χ0) is 8.36. The Morgan fingerprint density at radius 3 is 2.09 bits per heavy atom. The van der Waals surface area contributed by atoms with Crippen LogP contribution < -0.4 is 0 Å². The molecule has 0 saturated carbocycles. The highest BCUT2D eigenvalue weighted by Gasteiger charge is 1.83. The molecule has 0 aliphatic heterocycles. The van der Waals surface area contributed by atoms with Crippen LogP contribution in [0.5, 0.6) is 0 Å². The van der Waals surface area contributed by atoms with Gasteiger partial charge in [0.05, 0.1) is 0 Å². The van der Waals surface area contributed by atoms with E-state index in [1.165, 1.54) is 25.7 Å². The molecule has 64 valence electrons. The summed E-state index contributed by atoms with van der Waals surface area (Å²) in [6, 6.07) is 0. The molecule has 0 aromatic carbocycles. The molecule has 0 heterocycles. The summed E-state index contributed by atoms with van der Waals surface area (Å²) in [5.41, 5.74) is 0. The van der Waals surface area contributed by atoms with E-state index in [0.717, 1.165) is 19.3 Å². The Labute approximate surface area is 71.7 Å². The van der Waals surface area contributed by atoms with Gasteiger partial charge in [-0.25, -0.2) is 0 Å². The van der Waals surface area contributed by atoms with Crippen molar-refractivity contribution < 1.29 is 0 Å². The minimum atomic E-state index is 1.02. The standard InChI is InChI=1S/C11H20/c1-3-5-7-9-11-10-8-6-4-2/h7,9H,1-6,8,10-11H2/b9-7+. The zero-order valence-corrected chi connectivity index (χ0v) is 7.52. The lowest BCUT2D eigenvalue weighted by Gasteiger charge is -1.93. The Hall–Kier alpha value is -0.260. The fourth-order valence-electron chi connectivity index (χ4n) is 0.969. The monoisotopic (exact) mass is 152 g/mol.